The number of hydrogen-bond acceptors (Lipinski definition) is 3. The number of hydrogen-bond donors (Lipinski definition) is 1. The van der Waals surface area contributed by atoms with Gasteiger partial charge in [0, 0.05) is 11.3 Å². The minimum Gasteiger partial charge on any atom is -0.391 e. The third kappa shape index (κ3) is 5.04. The Bertz CT molecular complexity index is 829. The van der Waals surface area contributed by atoms with E-state index in [0.717, 1.165) is 16.8 Å². The van der Waals surface area contributed by atoms with Crippen LogP contribution >= 0.6 is 0 Å². The van der Waals surface area contributed by atoms with Crippen molar-refractivity contribution in [2.24, 2.45) is 5.16 Å². The molecular formula is C21H18N2O2. The monoisotopic (exact) mass is 330 g/mol. The number of carbonyl (C=O) groups is 1. The molecule has 4 heteroatoms. The van der Waals surface area contributed by atoms with Crippen molar-refractivity contribution in [3.05, 3.63) is 102 Å². The second kappa shape index (κ2) is 8.45. The van der Waals surface area contributed by atoms with Gasteiger partial charge in [0.2, 0.25) is 0 Å². The Morgan fingerprint density at radius 1 is 0.880 bits per heavy atom. The van der Waals surface area contributed by atoms with Gasteiger partial charge in [0.15, 0.2) is 0 Å². The SMILES string of the molecule is O=C(Nc1ccc(C=NOCc2ccccc2)cc1)c1ccccc1. The van der Waals surface area contributed by atoms with Crippen LogP contribution in [-0.4, -0.2) is 12.1 Å². The summed E-state index contributed by atoms with van der Waals surface area (Å²) in [6, 6.07) is 26.4. The summed E-state index contributed by atoms with van der Waals surface area (Å²) in [6.07, 6.45) is 1.64. The molecule has 0 aliphatic carbocycles. The summed E-state index contributed by atoms with van der Waals surface area (Å²) in [5.74, 6) is -0.131. The highest BCUT2D eigenvalue weighted by Gasteiger charge is 2.04. The summed E-state index contributed by atoms with van der Waals surface area (Å²) in [5.41, 5.74) is 3.32. The lowest BCUT2D eigenvalue weighted by Gasteiger charge is -2.05. The van der Waals surface area contributed by atoms with Crippen LogP contribution in [0.4, 0.5) is 5.69 Å². The molecule has 0 unspecified atom stereocenters. The molecule has 3 rings (SSSR count). The van der Waals surface area contributed by atoms with E-state index in [1.165, 1.54) is 0 Å². The molecule has 0 saturated carbocycles. The lowest BCUT2D eigenvalue weighted by Crippen LogP contribution is -2.11. The van der Waals surface area contributed by atoms with Crippen LogP contribution in [0.2, 0.25) is 0 Å². The van der Waals surface area contributed by atoms with Crippen LogP contribution in [0.3, 0.4) is 0 Å². The molecular weight excluding hydrogens is 312 g/mol. The van der Waals surface area contributed by atoms with Gasteiger partial charge in [-0.2, -0.15) is 0 Å². The molecule has 0 aliphatic heterocycles. The predicted octanol–water partition coefficient (Wildman–Crippen LogP) is 4.49. The minimum atomic E-state index is -0.131. The van der Waals surface area contributed by atoms with Gasteiger partial charge in [-0.05, 0) is 35.4 Å². The Hall–Kier alpha value is -3.40. The molecule has 0 radical (unpaired) electrons. The van der Waals surface area contributed by atoms with E-state index in [2.05, 4.69) is 10.5 Å². The zero-order valence-electron chi connectivity index (χ0n) is 13.6. The second-order valence-electron chi connectivity index (χ2n) is 5.44. The molecule has 4 nitrogen and oxygen atoms in total. The van der Waals surface area contributed by atoms with Crippen molar-refractivity contribution in [1.82, 2.24) is 0 Å². The number of oxime groups is 1. The summed E-state index contributed by atoms with van der Waals surface area (Å²) in [7, 11) is 0. The average molecular weight is 330 g/mol. The quantitative estimate of drug-likeness (QED) is 0.535. The molecule has 3 aromatic carbocycles. The van der Waals surface area contributed by atoms with Crippen LogP contribution in [0.1, 0.15) is 21.5 Å². The average Bonchev–Trinajstić information content (AvgIpc) is 2.68. The van der Waals surface area contributed by atoms with Gasteiger partial charge in [0.1, 0.15) is 6.61 Å². The van der Waals surface area contributed by atoms with E-state index in [-0.39, 0.29) is 5.91 Å². The largest absolute Gasteiger partial charge is 0.391 e. The number of rotatable bonds is 6. The molecule has 0 heterocycles. The number of benzene rings is 3. The normalized spacial score (nSPS) is 10.6. The maximum atomic E-state index is 12.1. The molecule has 3 aromatic rings. The Labute approximate surface area is 146 Å². The van der Waals surface area contributed by atoms with Crippen LogP contribution in [0.15, 0.2) is 90.1 Å². The Morgan fingerprint density at radius 2 is 1.52 bits per heavy atom. The van der Waals surface area contributed by atoms with Gasteiger partial charge < -0.3 is 10.2 Å². The molecule has 0 fully saturated rings. The first-order valence-electron chi connectivity index (χ1n) is 7.97. The van der Waals surface area contributed by atoms with E-state index in [0.29, 0.717) is 12.2 Å². The van der Waals surface area contributed by atoms with Crippen LogP contribution in [0, 0.1) is 0 Å². The van der Waals surface area contributed by atoms with Crippen LogP contribution in [0.25, 0.3) is 0 Å². The molecule has 0 aromatic heterocycles. The van der Waals surface area contributed by atoms with Gasteiger partial charge in [0.25, 0.3) is 5.91 Å². The number of nitrogens with zero attached hydrogens (tertiary/aromatic N) is 1. The maximum Gasteiger partial charge on any atom is 0.255 e. The molecule has 124 valence electrons. The number of nitrogens with one attached hydrogen (secondary N) is 1. The highest BCUT2D eigenvalue weighted by Crippen LogP contribution is 2.11. The highest BCUT2D eigenvalue weighted by atomic mass is 16.6. The van der Waals surface area contributed by atoms with Gasteiger partial charge in [-0.3, -0.25) is 4.79 Å². The fourth-order valence-corrected chi connectivity index (χ4v) is 2.23. The van der Waals surface area contributed by atoms with E-state index in [1.807, 2.05) is 72.8 Å². The van der Waals surface area contributed by atoms with E-state index >= 15 is 0 Å². The molecule has 0 atom stereocenters. The van der Waals surface area contributed by atoms with Crippen LogP contribution in [0.5, 0.6) is 0 Å². The molecule has 0 bridgehead atoms. The van der Waals surface area contributed by atoms with Crippen molar-refractivity contribution in [2.75, 3.05) is 5.32 Å². The highest BCUT2D eigenvalue weighted by molar-refractivity contribution is 6.04. The second-order valence-corrected chi connectivity index (χ2v) is 5.44. The summed E-state index contributed by atoms with van der Waals surface area (Å²) in [6.45, 7) is 0.433. The van der Waals surface area contributed by atoms with Crippen molar-refractivity contribution in [3.63, 3.8) is 0 Å². The third-order valence-electron chi connectivity index (χ3n) is 3.55. The van der Waals surface area contributed by atoms with E-state index in [9.17, 15) is 4.79 Å². The predicted molar refractivity (Wildman–Crippen MR) is 99.7 cm³/mol. The van der Waals surface area contributed by atoms with Gasteiger partial charge >= 0.3 is 0 Å². The molecule has 0 spiro atoms. The first-order valence-corrected chi connectivity index (χ1v) is 7.97. The van der Waals surface area contributed by atoms with Crippen molar-refractivity contribution in [3.8, 4) is 0 Å². The lowest BCUT2D eigenvalue weighted by molar-refractivity contribution is 0.102. The molecule has 0 aliphatic rings. The summed E-state index contributed by atoms with van der Waals surface area (Å²) in [4.78, 5) is 17.4. The zero-order valence-corrected chi connectivity index (χ0v) is 13.6. The lowest BCUT2D eigenvalue weighted by atomic mass is 10.2. The fourth-order valence-electron chi connectivity index (χ4n) is 2.23. The molecule has 0 saturated heterocycles. The summed E-state index contributed by atoms with van der Waals surface area (Å²) >= 11 is 0. The van der Waals surface area contributed by atoms with Gasteiger partial charge in [-0.25, -0.2) is 0 Å². The zero-order chi connectivity index (χ0) is 17.3. The van der Waals surface area contributed by atoms with Crippen molar-refractivity contribution >= 4 is 17.8 Å². The van der Waals surface area contributed by atoms with Gasteiger partial charge in [-0.15, -0.1) is 0 Å². The Balaban J connectivity index is 1.52. The molecule has 1 amide bonds. The van der Waals surface area contributed by atoms with Crippen molar-refractivity contribution < 1.29 is 9.63 Å². The first kappa shape index (κ1) is 16.5. The Morgan fingerprint density at radius 3 is 2.20 bits per heavy atom. The molecule has 1 N–H and O–H groups in total. The summed E-state index contributed by atoms with van der Waals surface area (Å²) < 4.78 is 0. The van der Waals surface area contributed by atoms with E-state index in [1.54, 1.807) is 18.3 Å². The van der Waals surface area contributed by atoms with Crippen LogP contribution < -0.4 is 5.32 Å². The third-order valence-corrected chi connectivity index (χ3v) is 3.55. The van der Waals surface area contributed by atoms with E-state index in [4.69, 9.17) is 4.84 Å². The number of anilines is 1. The standard InChI is InChI=1S/C21H18N2O2/c24-21(19-9-5-2-6-10-19)23-20-13-11-17(12-14-20)15-22-25-16-18-7-3-1-4-8-18/h1-15H,16H2,(H,23,24). The van der Waals surface area contributed by atoms with Gasteiger partial charge in [0.05, 0.1) is 6.21 Å². The minimum absolute atomic E-state index is 0.131. The maximum absolute atomic E-state index is 12.1. The smallest absolute Gasteiger partial charge is 0.255 e. The fraction of sp³-hybridized carbons (Fsp3) is 0.0476. The summed E-state index contributed by atoms with van der Waals surface area (Å²) in [5, 5.41) is 6.82. The van der Waals surface area contributed by atoms with Crippen LogP contribution in [-0.2, 0) is 11.4 Å². The van der Waals surface area contributed by atoms with E-state index < -0.39 is 0 Å². The van der Waals surface area contributed by atoms with Crippen molar-refractivity contribution in [1.29, 1.82) is 0 Å². The van der Waals surface area contributed by atoms with Crippen molar-refractivity contribution in [2.45, 2.75) is 6.61 Å². The molecule has 25 heavy (non-hydrogen) atoms. The first-order chi connectivity index (χ1) is 12.3. The number of amides is 1. The Kier molecular flexibility index (Phi) is 5.56. The van der Waals surface area contributed by atoms with Gasteiger partial charge in [-0.1, -0.05) is 65.8 Å². The topological polar surface area (TPSA) is 50.7 Å². The number of carbonyl (C=O) groups excluding carboxylic acids is 1.